The van der Waals surface area contributed by atoms with Crippen molar-refractivity contribution in [2.45, 2.75) is 65.2 Å². The quantitative estimate of drug-likeness (QED) is 0.108. The van der Waals surface area contributed by atoms with Crippen molar-refractivity contribution in [3.8, 4) is 47.7 Å². The van der Waals surface area contributed by atoms with E-state index in [4.69, 9.17) is 27.1 Å². The molecule has 4 nitrogen and oxygen atoms in total. The van der Waals surface area contributed by atoms with Gasteiger partial charge in [0.15, 0.2) is 11.5 Å². The Morgan fingerprint density at radius 1 is 0.590 bits per heavy atom. The van der Waals surface area contributed by atoms with Crippen LogP contribution in [0.4, 0.5) is 0 Å². The lowest BCUT2D eigenvalue weighted by molar-refractivity contribution is 0.304. The van der Waals surface area contributed by atoms with Crippen LogP contribution in [0.15, 0.2) is 36.4 Å². The molecule has 0 aromatic heterocycles. The topological polar surface area (TPSA) is 47.9 Å². The Bertz CT molecular complexity index is 1550. The Balaban J connectivity index is 1.92. The first kappa shape index (κ1) is 28.0. The van der Waals surface area contributed by atoms with E-state index in [2.05, 4.69) is 25.7 Å². The summed E-state index contributed by atoms with van der Waals surface area (Å²) in [6.45, 7) is 5.59. The van der Waals surface area contributed by atoms with E-state index in [-0.39, 0.29) is 5.75 Å². The average molecular weight is 523 g/mol. The van der Waals surface area contributed by atoms with Crippen LogP contribution < -0.4 is 14.2 Å². The van der Waals surface area contributed by atoms with Gasteiger partial charge < -0.3 is 19.3 Å². The highest BCUT2D eigenvalue weighted by Crippen LogP contribution is 2.44. The van der Waals surface area contributed by atoms with E-state index in [0.29, 0.717) is 41.6 Å². The molecule has 4 heteroatoms. The molecule has 0 aliphatic carbocycles. The van der Waals surface area contributed by atoms with E-state index in [1.54, 1.807) is 13.2 Å². The molecule has 1 N–H and O–H groups in total. The number of terminal acetylenes is 2. The number of aromatic hydroxyl groups is 1. The van der Waals surface area contributed by atoms with Crippen LogP contribution in [0.1, 0.15) is 76.3 Å². The monoisotopic (exact) mass is 522 g/mol. The van der Waals surface area contributed by atoms with Crippen molar-refractivity contribution in [3.05, 3.63) is 47.5 Å². The third-order valence-corrected chi connectivity index (χ3v) is 7.25. The zero-order valence-electron chi connectivity index (χ0n) is 23.4. The van der Waals surface area contributed by atoms with Gasteiger partial charge in [0.2, 0.25) is 0 Å². The normalized spacial score (nSPS) is 11.0. The van der Waals surface area contributed by atoms with E-state index in [0.717, 1.165) is 58.0 Å². The van der Waals surface area contributed by atoms with Gasteiger partial charge in [-0.25, -0.2) is 0 Å². The summed E-state index contributed by atoms with van der Waals surface area (Å²) in [5.74, 6) is 7.44. The van der Waals surface area contributed by atoms with Gasteiger partial charge in [0.1, 0.15) is 11.5 Å². The second-order valence-corrected chi connectivity index (χ2v) is 9.96. The predicted octanol–water partition coefficient (Wildman–Crippen LogP) is 8.74. The number of phenolic OH excluding ortho intramolecular Hbond substituents is 1. The highest BCUT2D eigenvalue weighted by atomic mass is 16.5. The average Bonchev–Trinajstić information content (AvgIpc) is 2.96. The number of hydrogen-bond acceptors (Lipinski definition) is 4. The number of fused-ring (bicyclic) bond motifs is 6. The Labute approximate surface area is 232 Å². The number of unbranched alkanes of at least 4 members (excludes halogenated alkanes) is 6. The van der Waals surface area contributed by atoms with Gasteiger partial charge in [0.25, 0.3) is 0 Å². The van der Waals surface area contributed by atoms with Crippen molar-refractivity contribution in [3.63, 3.8) is 0 Å². The lowest BCUT2D eigenvalue weighted by atomic mass is 9.91. The van der Waals surface area contributed by atoms with Gasteiger partial charge >= 0.3 is 0 Å². The lowest BCUT2D eigenvalue weighted by Crippen LogP contribution is -2.01. The molecule has 0 fully saturated rings. The van der Waals surface area contributed by atoms with Crippen LogP contribution in [0.3, 0.4) is 0 Å². The Morgan fingerprint density at radius 2 is 1.00 bits per heavy atom. The maximum absolute atomic E-state index is 10.7. The summed E-state index contributed by atoms with van der Waals surface area (Å²) in [4.78, 5) is 0. The molecule has 4 aromatic carbocycles. The Morgan fingerprint density at radius 3 is 1.41 bits per heavy atom. The first-order valence-corrected chi connectivity index (χ1v) is 14.0. The maximum atomic E-state index is 10.7. The van der Waals surface area contributed by atoms with Crippen molar-refractivity contribution < 1.29 is 19.3 Å². The molecule has 0 aliphatic rings. The summed E-state index contributed by atoms with van der Waals surface area (Å²) in [5, 5.41) is 16.3. The molecular formula is C35H38O4. The summed E-state index contributed by atoms with van der Waals surface area (Å²) in [6.07, 6.45) is 20.8. The van der Waals surface area contributed by atoms with Crippen LogP contribution in [0.25, 0.3) is 32.3 Å². The van der Waals surface area contributed by atoms with E-state index in [9.17, 15) is 5.11 Å². The standard InChI is InChI=1S/C35H38O4/c1-6-10-12-14-16-38-33-21-29-26(18-24(33)8-3)27-19-25(9-4)34(39-17-15-13-11-7-2)22-30(27)31-23-35(37-5)32(36)20-28(29)31/h3-4,18-23,36H,6-7,10-17H2,1-2,5H3. The lowest BCUT2D eigenvalue weighted by Gasteiger charge is -2.17. The zero-order chi connectivity index (χ0) is 27.8. The summed E-state index contributed by atoms with van der Waals surface area (Å²) in [5.41, 5.74) is 1.39. The third-order valence-electron chi connectivity index (χ3n) is 7.25. The van der Waals surface area contributed by atoms with Gasteiger partial charge in [-0.05, 0) is 81.6 Å². The molecule has 0 heterocycles. The minimum absolute atomic E-state index is 0.0707. The van der Waals surface area contributed by atoms with E-state index in [1.807, 2.05) is 30.3 Å². The molecule has 0 unspecified atom stereocenters. The molecule has 0 spiro atoms. The molecule has 0 bridgehead atoms. The van der Waals surface area contributed by atoms with Crippen molar-refractivity contribution >= 4 is 32.3 Å². The highest BCUT2D eigenvalue weighted by molar-refractivity contribution is 6.26. The predicted molar refractivity (Wildman–Crippen MR) is 162 cm³/mol. The molecule has 0 atom stereocenters. The van der Waals surface area contributed by atoms with Crippen LogP contribution in [0, 0.1) is 24.7 Å². The third kappa shape index (κ3) is 6.02. The molecule has 0 aliphatic heterocycles. The second kappa shape index (κ2) is 13.2. The van der Waals surface area contributed by atoms with Crippen LogP contribution in [-0.2, 0) is 0 Å². The van der Waals surface area contributed by atoms with Gasteiger partial charge in [-0.3, -0.25) is 0 Å². The number of rotatable bonds is 13. The zero-order valence-corrected chi connectivity index (χ0v) is 23.4. The van der Waals surface area contributed by atoms with Gasteiger partial charge in [-0.15, -0.1) is 12.8 Å². The number of ether oxygens (including phenoxy) is 3. The van der Waals surface area contributed by atoms with Gasteiger partial charge in [-0.2, -0.15) is 0 Å². The fourth-order valence-corrected chi connectivity index (χ4v) is 5.11. The van der Waals surface area contributed by atoms with Crippen molar-refractivity contribution in [2.24, 2.45) is 0 Å². The first-order chi connectivity index (χ1) is 19.1. The minimum atomic E-state index is 0.0707. The summed E-state index contributed by atoms with van der Waals surface area (Å²) >= 11 is 0. The van der Waals surface area contributed by atoms with Gasteiger partial charge in [-0.1, -0.05) is 64.2 Å². The van der Waals surface area contributed by atoms with Gasteiger partial charge in [0, 0.05) is 0 Å². The fourth-order valence-electron chi connectivity index (χ4n) is 5.11. The van der Waals surface area contributed by atoms with Crippen LogP contribution in [-0.4, -0.2) is 25.4 Å². The summed E-state index contributed by atoms with van der Waals surface area (Å²) < 4.78 is 17.8. The first-order valence-electron chi connectivity index (χ1n) is 14.0. The molecule has 4 rings (SSSR count). The van der Waals surface area contributed by atoms with E-state index >= 15 is 0 Å². The molecule has 0 saturated heterocycles. The molecule has 202 valence electrons. The van der Waals surface area contributed by atoms with Crippen molar-refractivity contribution in [2.75, 3.05) is 20.3 Å². The molecule has 39 heavy (non-hydrogen) atoms. The van der Waals surface area contributed by atoms with Crippen LogP contribution in [0.2, 0.25) is 0 Å². The number of methoxy groups -OCH3 is 1. The number of hydrogen-bond donors (Lipinski definition) is 1. The van der Waals surface area contributed by atoms with Crippen molar-refractivity contribution in [1.29, 1.82) is 0 Å². The minimum Gasteiger partial charge on any atom is -0.504 e. The number of phenols is 1. The Kier molecular flexibility index (Phi) is 9.45. The summed E-state index contributed by atoms with van der Waals surface area (Å²) in [7, 11) is 1.55. The highest BCUT2D eigenvalue weighted by Gasteiger charge is 2.17. The van der Waals surface area contributed by atoms with Crippen molar-refractivity contribution in [1.82, 2.24) is 0 Å². The molecule has 0 radical (unpaired) electrons. The second-order valence-electron chi connectivity index (χ2n) is 9.96. The largest absolute Gasteiger partial charge is 0.504 e. The van der Waals surface area contributed by atoms with Crippen LogP contribution >= 0.6 is 0 Å². The smallest absolute Gasteiger partial charge is 0.161 e. The maximum Gasteiger partial charge on any atom is 0.161 e. The number of benzene rings is 4. The molecular weight excluding hydrogens is 484 g/mol. The fraction of sp³-hybridized carbons (Fsp3) is 0.371. The molecule has 0 saturated carbocycles. The van der Waals surface area contributed by atoms with Crippen LogP contribution in [0.5, 0.6) is 23.0 Å². The molecule has 4 aromatic rings. The van der Waals surface area contributed by atoms with Gasteiger partial charge in [0.05, 0.1) is 31.5 Å². The van der Waals surface area contributed by atoms with E-state index < -0.39 is 0 Å². The SMILES string of the molecule is C#Cc1cc2c3cc(C#C)c(OCCCCCC)cc3c3cc(OC)c(O)cc3c2cc1OCCCCCC. The Hall–Kier alpha value is -4.02. The molecule has 0 amide bonds. The van der Waals surface area contributed by atoms with E-state index in [1.165, 1.54) is 25.7 Å². The summed E-state index contributed by atoms with van der Waals surface area (Å²) in [6, 6.07) is 11.6.